The van der Waals surface area contributed by atoms with E-state index in [0.29, 0.717) is 79.7 Å². The van der Waals surface area contributed by atoms with Crippen molar-refractivity contribution < 1.29 is 38.7 Å². The molecule has 0 radical (unpaired) electrons. The summed E-state index contributed by atoms with van der Waals surface area (Å²) in [5, 5.41) is 39.3. The Bertz CT molecular complexity index is 2580. The SMILES string of the molecule is CCCOc1c2cc(C(C)(C)C)cc1Cc1cc(C3NC(=S)NC(C)=C3C(=O)OCC)cc(c1O)Cc1cc(C(C)(C)C)cc(c1OCCC)Cc1cc(C3NC(=S)NC(C)=C3C(=O)OCC)cc(c1O)C2. The van der Waals surface area contributed by atoms with Crippen LogP contribution < -0.4 is 30.7 Å². The number of nitrogens with one attached hydrogen (secondary N) is 4. The van der Waals surface area contributed by atoms with Crippen LogP contribution in [0.5, 0.6) is 23.0 Å². The summed E-state index contributed by atoms with van der Waals surface area (Å²) in [6, 6.07) is 15.0. The van der Waals surface area contributed by atoms with Crippen LogP contribution in [-0.4, -0.2) is 58.8 Å². The van der Waals surface area contributed by atoms with E-state index in [1.54, 1.807) is 13.8 Å². The lowest BCUT2D eigenvalue weighted by molar-refractivity contribution is -0.140. The summed E-state index contributed by atoms with van der Waals surface area (Å²) in [7, 11) is 0. The third kappa shape index (κ3) is 11.5. The number of ether oxygens (including phenoxy) is 4. The number of aromatic hydroxyl groups is 2. The van der Waals surface area contributed by atoms with Crippen molar-refractivity contribution in [3.05, 3.63) is 138 Å². The Kier molecular flexibility index (Phi) is 16.3. The Balaban J connectivity index is 1.59. The highest BCUT2D eigenvalue weighted by Gasteiger charge is 2.35. The Morgan fingerprint density at radius 3 is 1.11 bits per heavy atom. The van der Waals surface area contributed by atoms with Gasteiger partial charge in [0.25, 0.3) is 0 Å². The number of carbonyl (C=O) groups is 2. The van der Waals surface area contributed by atoms with Gasteiger partial charge in [0.1, 0.15) is 23.0 Å². The zero-order chi connectivity index (χ0) is 52.4. The first-order valence-electron chi connectivity index (χ1n) is 25.2. The van der Waals surface area contributed by atoms with E-state index < -0.39 is 24.0 Å². The molecule has 0 amide bonds. The first-order valence-corrected chi connectivity index (χ1v) is 26.1. The van der Waals surface area contributed by atoms with E-state index in [4.69, 9.17) is 43.4 Å². The molecule has 4 aromatic carbocycles. The lowest BCUT2D eigenvalue weighted by Gasteiger charge is -2.31. The van der Waals surface area contributed by atoms with E-state index in [0.717, 1.165) is 57.3 Å². The highest BCUT2D eigenvalue weighted by molar-refractivity contribution is 7.80. The van der Waals surface area contributed by atoms with Crippen LogP contribution in [0, 0.1) is 0 Å². The predicted molar refractivity (Wildman–Crippen MR) is 291 cm³/mol. The standard InChI is InChI=1S/C58H72N4O8S2/c1-13-17-69-51-39-23-35-19-33(47-45(53(65)67-15-3)31(5)59-55(71)61-47)21-37(49(35)63)25-41-29-44(58(10,11)12)30-42(52(41)70-18-14-2)26-38-22-34(48-46(54(66)68-16-4)32(6)60-56(72)62-48)20-36(50(38)64)24-40(51)28-43(27-39)57(7,8)9/h19-22,27-30,47-48,63-64H,13-18,23-26H2,1-12H3,(H2,59,61,71)(H2,60,62,72). The zero-order valence-corrected chi connectivity index (χ0v) is 45.6. The summed E-state index contributed by atoms with van der Waals surface area (Å²) in [5.41, 5.74) is 10.7. The predicted octanol–water partition coefficient (Wildman–Crippen LogP) is 10.7. The Morgan fingerprint density at radius 1 is 0.542 bits per heavy atom. The van der Waals surface area contributed by atoms with Crippen molar-refractivity contribution >= 4 is 46.6 Å². The molecule has 384 valence electrons. The molecule has 2 aliphatic heterocycles. The fourth-order valence-electron chi connectivity index (χ4n) is 9.79. The number of rotatable bonds is 12. The van der Waals surface area contributed by atoms with E-state index in [-0.39, 0.29) is 61.2 Å². The number of fused-ring (bicyclic) bond motifs is 8. The molecule has 72 heavy (non-hydrogen) atoms. The number of hydrogen-bond acceptors (Lipinski definition) is 10. The largest absolute Gasteiger partial charge is 0.507 e. The number of phenolic OH excluding ortho intramolecular Hbond substituents is 2. The number of carbonyl (C=O) groups excluding carboxylic acids is 2. The van der Waals surface area contributed by atoms with Crippen LogP contribution >= 0.6 is 24.4 Å². The number of esters is 2. The van der Waals surface area contributed by atoms with Gasteiger partial charge in [-0.25, -0.2) is 9.59 Å². The third-order valence-electron chi connectivity index (χ3n) is 13.4. The minimum Gasteiger partial charge on any atom is -0.507 e. The molecular formula is C58H72N4O8S2. The molecule has 0 spiro atoms. The highest BCUT2D eigenvalue weighted by atomic mass is 32.1. The molecule has 0 saturated heterocycles. The van der Waals surface area contributed by atoms with Crippen LogP contribution in [0.25, 0.3) is 0 Å². The van der Waals surface area contributed by atoms with Crippen LogP contribution in [0.1, 0.15) is 175 Å². The van der Waals surface area contributed by atoms with Crippen LogP contribution in [-0.2, 0) is 55.6 Å². The molecule has 6 N–H and O–H groups in total. The van der Waals surface area contributed by atoms with Crippen molar-refractivity contribution in [2.45, 2.75) is 145 Å². The van der Waals surface area contributed by atoms with Crippen LogP contribution in [0.4, 0.5) is 0 Å². The van der Waals surface area contributed by atoms with Crippen LogP contribution in [0.2, 0.25) is 0 Å². The van der Waals surface area contributed by atoms with Crippen molar-refractivity contribution in [2.24, 2.45) is 0 Å². The quantitative estimate of drug-likeness (QED) is 0.0518. The topological polar surface area (TPSA) is 160 Å². The average Bonchev–Trinajstić information content (AvgIpc) is 3.29. The first kappa shape index (κ1) is 53.7. The smallest absolute Gasteiger partial charge is 0.338 e. The monoisotopic (exact) mass is 1020 g/mol. The Morgan fingerprint density at radius 2 is 0.847 bits per heavy atom. The summed E-state index contributed by atoms with van der Waals surface area (Å²) < 4.78 is 24.8. The number of benzene rings is 4. The molecule has 7 rings (SSSR count). The lowest BCUT2D eigenvalue weighted by Crippen LogP contribution is -2.45. The van der Waals surface area contributed by atoms with Crippen molar-refractivity contribution in [1.29, 1.82) is 0 Å². The van der Waals surface area contributed by atoms with E-state index in [2.05, 4.69) is 101 Å². The Labute approximate surface area is 436 Å². The second-order valence-electron chi connectivity index (χ2n) is 21.1. The van der Waals surface area contributed by atoms with Gasteiger partial charge in [-0.1, -0.05) is 79.7 Å². The highest BCUT2D eigenvalue weighted by Crippen LogP contribution is 2.44. The molecule has 2 unspecified atom stereocenters. The zero-order valence-electron chi connectivity index (χ0n) is 44.0. The lowest BCUT2D eigenvalue weighted by atomic mass is 9.80. The summed E-state index contributed by atoms with van der Waals surface area (Å²) in [6.45, 7) is 25.5. The molecule has 0 saturated carbocycles. The van der Waals surface area contributed by atoms with E-state index in [1.165, 1.54) is 0 Å². The van der Waals surface area contributed by atoms with Crippen LogP contribution in [0.15, 0.2) is 71.1 Å². The maximum absolute atomic E-state index is 13.8. The van der Waals surface area contributed by atoms with E-state index in [1.807, 2.05) is 38.1 Å². The summed E-state index contributed by atoms with van der Waals surface area (Å²) in [6.07, 6.45) is 2.48. The second kappa shape index (κ2) is 21.9. The average molecular weight is 1020 g/mol. The van der Waals surface area contributed by atoms with E-state index >= 15 is 0 Å². The summed E-state index contributed by atoms with van der Waals surface area (Å²) in [5.74, 6) is 0.598. The molecule has 2 atom stereocenters. The van der Waals surface area contributed by atoms with Gasteiger partial charge < -0.3 is 50.4 Å². The van der Waals surface area contributed by atoms with Gasteiger partial charge in [-0.05, 0) is 167 Å². The van der Waals surface area contributed by atoms with Gasteiger partial charge in [0.15, 0.2) is 10.2 Å². The molecule has 2 heterocycles. The number of phenols is 2. The van der Waals surface area contributed by atoms with Gasteiger partial charge in [-0.15, -0.1) is 0 Å². The minimum atomic E-state index is -0.699. The van der Waals surface area contributed by atoms with E-state index in [9.17, 15) is 19.8 Å². The fraction of sp³-hybridized carbons (Fsp3) is 0.448. The molecule has 4 aromatic rings. The van der Waals surface area contributed by atoms with Crippen LogP contribution in [0.3, 0.4) is 0 Å². The molecule has 0 fully saturated rings. The van der Waals surface area contributed by atoms with Gasteiger partial charge in [-0.3, -0.25) is 0 Å². The van der Waals surface area contributed by atoms with Gasteiger partial charge >= 0.3 is 11.9 Å². The fourth-order valence-corrected chi connectivity index (χ4v) is 10.3. The maximum Gasteiger partial charge on any atom is 0.338 e. The van der Waals surface area contributed by atoms with Crippen molar-refractivity contribution in [2.75, 3.05) is 26.4 Å². The van der Waals surface area contributed by atoms with Gasteiger partial charge in [0, 0.05) is 37.1 Å². The van der Waals surface area contributed by atoms with Gasteiger partial charge in [0.2, 0.25) is 0 Å². The molecule has 1 aliphatic carbocycles. The molecule has 14 heteroatoms. The number of thiocarbonyl (C=S) groups is 2. The maximum atomic E-state index is 13.8. The normalized spacial score (nSPS) is 17.1. The second-order valence-corrected chi connectivity index (χ2v) is 21.9. The third-order valence-corrected chi connectivity index (χ3v) is 13.9. The minimum absolute atomic E-state index is 0.120. The molecule has 8 bridgehead atoms. The van der Waals surface area contributed by atoms with Crippen molar-refractivity contribution in [3.63, 3.8) is 0 Å². The summed E-state index contributed by atoms with van der Waals surface area (Å²) in [4.78, 5) is 27.6. The molecule has 12 nitrogen and oxygen atoms in total. The van der Waals surface area contributed by atoms with Crippen molar-refractivity contribution in [3.8, 4) is 23.0 Å². The molecule has 0 aromatic heterocycles. The molecular weight excluding hydrogens is 945 g/mol. The molecule has 3 aliphatic rings. The first-order chi connectivity index (χ1) is 34.1. The number of allylic oxidation sites excluding steroid dienone is 2. The summed E-state index contributed by atoms with van der Waals surface area (Å²) >= 11 is 11.4. The number of hydrogen-bond donors (Lipinski definition) is 6. The Hall–Kier alpha value is -6.12. The van der Waals surface area contributed by atoms with Gasteiger partial charge in [-0.2, -0.15) is 0 Å². The van der Waals surface area contributed by atoms with Crippen molar-refractivity contribution in [1.82, 2.24) is 21.3 Å². The van der Waals surface area contributed by atoms with Gasteiger partial charge in [0.05, 0.1) is 49.7 Å².